The Morgan fingerprint density at radius 3 is 2.47 bits per heavy atom. The molecule has 7 N–H and O–H groups in total. The normalized spacial score (nSPS) is 24.8. The highest BCUT2D eigenvalue weighted by molar-refractivity contribution is 6.38. The molecule has 3 aromatic carbocycles. The van der Waals surface area contributed by atoms with E-state index in [2.05, 4.69) is 15.8 Å². The van der Waals surface area contributed by atoms with Crippen LogP contribution in [0.2, 0.25) is 5.02 Å². The number of halogens is 2. The van der Waals surface area contributed by atoms with E-state index in [1.54, 1.807) is 15.5 Å². The molecule has 1 saturated carbocycles. The van der Waals surface area contributed by atoms with Crippen molar-refractivity contribution in [1.82, 2.24) is 9.99 Å². The topological polar surface area (TPSA) is 268 Å². The largest absolute Gasteiger partial charge is 0.507 e. The number of carboxylic acids is 1. The minimum Gasteiger partial charge on any atom is -0.507 e. The number of aliphatic hydroxyl groups excluding tert-OH is 1. The molecule has 388 valence electrons. The van der Waals surface area contributed by atoms with Gasteiger partial charge in [-0.1, -0.05) is 36.8 Å². The first-order valence-electron chi connectivity index (χ1n) is 24.0. The van der Waals surface area contributed by atoms with Crippen LogP contribution in [0, 0.1) is 18.7 Å². The summed E-state index contributed by atoms with van der Waals surface area (Å²) < 4.78 is 40.4. The fraction of sp³-hybridized carbons (Fsp3) is 0.423. The molecule has 21 heteroatoms. The van der Waals surface area contributed by atoms with Crippen LogP contribution in [0.1, 0.15) is 110 Å². The van der Waals surface area contributed by atoms with Crippen LogP contribution >= 0.6 is 11.6 Å². The Morgan fingerprint density at radius 1 is 1.01 bits per heavy atom. The van der Waals surface area contributed by atoms with Crippen LogP contribution in [0.3, 0.4) is 0 Å². The number of allylic oxidation sites excluding steroid dienone is 3. The van der Waals surface area contributed by atoms with E-state index in [0.717, 1.165) is 25.1 Å². The summed E-state index contributed by atoms with van der Waals surface area (Å²) in [7, 11) is 1.46. The third kappa shape index (κ3) is 10.7. The smallest absolute Gasteiger partial charge is 0.341 e. The van der Waals surface area contributed by atoms with Crippen molar-refractivity contribution < 1.29 is 68.0 Å². The lowest BCUT2D eigenvalue weighted by atomic mass is 9.92. The Hall–Kier alpha value is -7.16. The monoisotopic (exact) mass is 1030 g/mol. The number of hydrogen-bond acceptors (Lipinski definition) is 16. The number of rotatable bonds is 8. The zero-order chi connectivity index (χ0) is 52.6. The van der Waals surface area contributed by atoms with Gasteiger partial charge in [-0.15, -0.1) is 0 Å². The number of nitrogens with zero attached hydrogens (tertiary/aromatic N) is 3. The predicted octanol–water partition coefficient (Wildman–Crippen LogP) is 7.39. The third-order valence-corrected chi connectivity index (χ3v) is 14.0. The van der Waals surface area contributed by atoms with Gasteiger partial charge in [0, 0.05) is 62.3 Å². The minimum absolute atomic E-state index is 0.0130. The van der Waals surface area contributed by atoms with E-state index >= 15 is 4.39 Å². The first kappa shape index (κ1) is 52.2. The van der Waals surface area contributed by atoms with Gasteiger partial charge >= 0.3 is 18.2 Å². The predicted molar refractivity (Wildman–Crippen MR) is 269 cm³/mol. The van der Waals surface area contributed by atoms with E-state index in [0.29, 0.717) is 32.1 Å². The fourth-order valence-corrected chi connectivity index (χ4v) is 9.97. The number of phenols is 3. The summed E-state index contributed by atoms with van der Waals surface area (Å²) in [6.07, 6.45) is 10.2. The SMILES string of the molecule is CO[C@H]1/C=C/OC2Oc3c(C)c(O)c4c(O)c(c(/C=N/NC5CCN(c6c(F)cc7c(=O)c(C(=O)O)cn(C8CC8)c7c6Cl)C5)c(O)c4c3C2=O)NC(=O)/C(C)=C\C=C\C(C)CCC(O)CC(OC(C)=O)CC1. The van der Waals surface area contributed by atoms with Gasteiger partial charge in [0.2, 0.25) is 11.2 Å². The maximum absolute atomic E-state index is 16.0. The minimum atomic E-state index is -1.62. The van der Waals surface area contributed by atoms with E-state index in [1.807, 2.05) is 13.0 Å². The summed E-state index contributed by atoms with van der Waals surface area (Å²) in [5.41, 5.74) is 1.17. The summed E-state index contributed by atoms with van der Waals surface area (Å²) in [5, 5.41) is 62.6. The number of Topliss-reactive ketones (excluding diaryl/α,β-unsaturated/α-hetero) is 1. The number of ether oxygens (including phenoxy) is 4. The number of amides is 1. The molecule has 4 aliphatic heterocycles. The van der Waals surface area contributed by atoms with Gasteiger partial charge in [-0.2, -0.15) is 5.10 Å². The van der Waals surface area contributed by atoms with Gasteiger partial charge in [0.05, 0.1) is 74.5 Å². The van der Waals surface area contributed by atoms with Gasteiger partial charge in [0.1, 0.15) is 34.7 Å². The number of anilines is 2. The second kappa shape index (κ2) is 21.5. The summed E-state index contributed by atoms with van der Waals surface area (Å²) in [5.74, 6) is -6.41. The van der Waals surface area contributed by atoms with E-state index in [-0.39, 0.29) is 97.6 Å². The maximum Gasteiger partial charge on any atom is 0.341 e. The summed E-state index contributed by atoms with van der Waals surface area (Å²) in [6, 6.07) is 0.416. The van der Waals surface area contributed by atoms with Crippen LogP contribution in [-0.4, -0.2) is 111 Å². The molecule has 1 aromatic heterocycles. The Labute approximate surface area is 423 Å². The highest BCUT2D eigenvalue weighted by atomic mass is 35.5. The van der Waals surface area contributed by atoms with Crippen molar-refractivity contribution in [3.63, 3.8) is 0 Å². The second-order valence-corrected chi connectivity index (χ2v) is 19.3. The van der Waals surface area contributed by atoms with Gasteiger partial charge in [-0.3, -0.25) is 19.2 Å². The van der Waals surface area contributed by atoms with Gasteiger partial charge in [0.25, 0.3) is 5.91 Å². The van der Waals surface area contributed by atoms with E-state index in [9.17, 15) is 49.5 Å². The lowest BCUT2D eigenvalue weighted by Gasteiger charge is -2.23. The standard InChI is InChI=1S/C52H57ClFN5O14/c1-24-7-6-8-25(2)50(67)56-41-34(21-55-57-28-15-17-58(22-28)43-36(54)20-33-42(40(43)53)59(29-10-11-29)23-35(45(33)63)51(68)69)46(64)37-38(47(41)65)44(62)26(3)49-39(37)48(66)52(73-49)71-18-16-31(70-5)13-14-32(72-27(4)60)19-30(61)12-9-24/h6-8,16,18,20-21,23-24,28-32,52,57,61-62,64-65H,9-15,17,19,22H2,1-5H3,(H,56,67)(H,68,69)/b7-6+,18-16+,25-8-,55-21+/t24?,28?,30?,31-,32?,52?/m1/s1. The first-order valence-corrected chi connectivity index (χ1v) is 24.3. The summed E-state index contributed by atoms with van der Waals surface area (Å²) in [6.45, 7) is 6.59. The molecule has 73 heavy (non-hydrogen) atoms. The van der Waals surface area contributed by atoms with Crippen molar-refractivity contribution in [3.8, 4) is 23.0 Å². The molecule has 2 fully saturated rings. The molecule has 1 saturated heterocycles. The van der Waals surface area contributed by atoms with E-state index in [4.69, 9.17) is 30.5 Å². The molecular weight excluding hydrogens is 973 g/mol. The molecule has 5 unspecified atom stereocenters. The van der Waals surface area contributed by atoms with Crippen molar-refractivity contribution in [1.29, 1.82) is 0 Å². The molecule has 1 amide bonds. The Balaban J connectivity index is 1.14. The van der Waals surface area contributed by atoms with Crippen molar-refractivity contribution in [2.24, 2.45) is 11.0 Å². The van der Waals surface area contributed by atoms with Crippen molar-refractivity contribution in [2.45, 2.75) is 116 Å². The average Bonchev–Trinajstić information content (AvgIpc) is 4.00. The fourth-order valence-electron chi connectivity index (χ4n) is 9.56. The molecule has 9 rings (SSSR count). The number of aliphatic hydroxyl groups is 1. The molecule has 0 spiro atoms. The second-order valence-electron chi connectivity index (χ2n) is 19.0. The van der Waals surface area contributed by atoms with Crippen LogP contribution in [0.5, 0.6) is 23.0 Å². The Kier molecular flexibility index (Phi) is 15.4. The van der Waals surface area contributed by atoms with Crippen LogP contribution in [0.25, 0.3) is 21.7 Å². The van der Waals surface area contributed by atoms with Gasteiger partial charge in [0.15, 0.2) is 5.75 Å². The number of carbonyl (C=O) groups excluding carboxylic acids is 3. The number of pyridine rings is 1. The van der Waals surface area contributed by atoms with Crippen LogP contribution in [0.4, 0.5) is 15.8 Å². The summed E-state index contributed by atoms with van der Waals surface area (Å²) in [4.78, 5) is 66.8. The van der Waals surface area contributed by atoms with E-state index < -0.39 is 88.3 Å². The van der Waals surface area contributed by atoms with Gasteiger partial charge in [-0.05, 0) is 76.9 Å². The molecule has 1 aliphatic carbocycles. The molecule has 5 aliphatic rings. The number of carboxylic acid groups (broad SMARTS) is 1. The average molecular weight is 1030 g/mol. The number of aromatic hydroxyl groups is 3. The van der Waals surface area contributed by atoms with Crippen LogP contribution < -0.4 is 25.8 Å². The molecule has 0 radical (unpaired) electrons. The number of ketones is 1. The number of hydrogen-bond donors (Lipinski definition) is 7. The number of phenolic OH excluding ortho intramolecular Hbond substituents is 3. The molecule has 4 aromatic rings. The number of aromatic carboxylic acids is 1. The number of nitrogens with one attached hydrogen (secondary N) is 2. The molecular formula is C52H57ClFN5O14. The lowest BCUT2D eigenvalue weighted by molar-refractivity contribution is -0.148. The summed E-state index contributed by atoms with van der Waals surface area (Å²) >= 11 is 6.90. The van der Waals surface area contributed by atoms with Crippen LogP contribution in [-0.2, 0) is 23.8 Å². The Morgan fingerprint density at radius 2 is 1.77 bits per heavy atom. The maximum atomic E-state index is 16.0. The lowest BCUT2D eigenvalue weighted by Crippen LogP contribution is -2.30. The molecule has 5 heterocycles. The zero-order valence-corrected chi connectivity index (χ0v) is 41.5. The number of benzene rings is 3. The highest BCUT2D eigenvalue weighted by Gasteiger charge is 2.41. The van der Waals surface area contributed by atoms with Gasteiger partial charge < -0.3 is 64.7 Å². The highest BCUT2D eigenvalue weighted by Crippen LogP contribution is 2.54. The van der Waals surface area contributed by atoms with Crippen molar-refractivity contribution in [2.75, 3.05) is 30.4 Å². The number of fused-ring (bicyclic) bond motifs is 16. The molecule has 19 nitrogen and oxygen atoms in total. The van der Waals surface area contributed by atoms with Crippen molar-refractivity contribution in [3.05, 3.63) is 91.7 Å². The zero-order valence-electron chi connectivity index (χ0n) is 40.7. The van der Waals surface area contributed by atoms with Crippen molar-refractivity contribution >= 4 is 74.5 Å². The van der Waals surface area contributed by atoms with E-state index in [1.165, 1.54) is 52.5 Å². The quantitative estimate of drug-likeness (QED) is 0.0298. The number of esters is 1. The molecule has 6 atom stereocenters. The number of carbonyl (C=O) groups is 4. The Bertz CT molecular complexity index is 3090. The first-order chi connectivity index (χ1) is 34.8. The van der Waals surface area contributed by atoms with Gasteiger partial charge in [-0.25, -0.2) is 9.18 Å². The molecule has 5 bridgehead atoms. The third-order valence-electron chi connectivity index (χ3n) is 13.7. The van der Waals surface area contributed by atoms with Crippen LogP contribution in [0.15, 0.2) is 58.3 Å². The number of hydrazone groups is 1. The number of aromatic nitrogens is 1. The number of methoxy groups -OCH3 is 1.